The predicted octanol–water partition coefficient (Wildman–Crippen LogP) is 0.0393. The molecule has 14 heavy (non-hydrogen) atoms. The largest absolute Gasteiger partial charge is 0.399 e. The number of hydrogen-bond acceptors (Lipinski definition) is 4. The first-order valence-electron chi connectivity index (χ1n) is 3.95. The SMILES string of the molecule is Nc1cc(Cl)nc(C(=O)NCCO)c1. The highest BCUT2D eigenvalue weighted by atomic mass is 35.5. The molecule has 0 spiro atoms. The van der Waals surface area contributed by atoms with Crippen LogP contribution in [-0.2, 0) is 0 Å². The maximum atomic E-state index is 11.3. The number of aromatic nitrogens is 1. The van der Waals surface area contributed by atoms with Crippen molar-refractivity contribution in [1.29, 1.82) is 0 Å². The van der Waals surface area contributed by atoms with E-state index >= 15 is 0 Å². The average molecular weight is 216 g/mol. The monoisotopic (exact) mass is 215 g/mol. The molecule has 0 saturated heterocycles. The number of halogens is 1. The van der Waals surface area contributed by atoms with Crippen LogP contribution in [0, 0.1) is 0 Å². The van der Waals surface area contributed by atoms with Gasteiger partial charge in [0.2, 0.25) is 0 Å². The lowest BCUT2D eigenvalue weighted by Gasteiger charge is -2.03. The molecule has 5 nitrogen and oxygen atoms in total. The van der Waals surface area contributed by atoms with Crippen molar-refractivity contribution < 1.29 is 9.90 Å². The zero-order chi connectivity index (χ0) is 10.6. The molecule has 1 rings (SSSR count). The van der Waals surface area contributed by atoms with Gasteiger partial charge in [-0.15, -0.1) is 0 Å². The van der Waals surface area contributed by atoms with Crippen LogP contribution in [0.2, 0.25) is 5.15 Å². The Bertz CT molecular complexity index is 323. The molecular weight excluding hydrogens is 206 g/mol. The molecule has 0 atom stereocenters. The molecule has 0 fully saturated rings. The van der Waals surface area contributed by atoms with Crippen molar-refractivity contribution in [2.45, 2.75) is 0 Å². The molecule has 0 bridgehead atoms. The summed E-state index contributed by atoms with van der Waals surface area (Å²) in [6.07, 6.45) is 0. The summed E-state index contributed by atoms with van der Waals surface area (Å²) >= 11 is 5.61. The third kappa shape index (κ3) is 2.86. The summed E-state index contributed by atoms with van der Waals surface area (Å²) in [5.41, 5.74) is 5.99. The number of amides is 1. The van der Waals surface area contributed by atoms with E-state index < -0.39 is 5.91 Å². The zero-order valence-electron chi connectivity index (χ0n) is 7.33. The number of rotatable bonds is 3. The average Bonchev–Trinajstić information content (AvgIpc) is 2.12. The fourth-order valence-electron chi connectivity index (χ4n) is 0.893. The van der Waals surface area contributed by atoms with Gasteiger partial charge in [-0.1, -0.05) is 11.6 Å². The molecule has 1 aromatic heterocycles. The fraction of sp³-hybridized carbons (Fsp3) is 0.250. The van der Waals surface area contributed by atoms with Crippen molar-refractivity contribution in [1.82, 2.24) is 10.3 Å². The molecule has 76 valence electrons. The Labute approximate surface area is 85.9 Å². The molecule has 0 unspecified atom stereocenters. The number of hydrogen-bond donors (Lipinski definition) is 3. The molecule has 0 aliphatic heterocycles. The van der Waals surface area contributed by atoms with Gasteiger partial charge in [-0.2, -0.15) is 0 Å². The number of nitrogens with one attached hydrogen (secondary N) is 1. The lowest BCUT2D eigenvalue weighted by Crippen LogP contribution is -2.27. The number of carbonyl (C=O) groups excluding carboxylic acids is 1. The van der Waals surface area contributed by atoms with E-state index in [0.29, 0.717) is 5.69 Å². The van der Waals surface area contributed by atoms with Crippen molar-refractivity contribution in [3.05, 3.63) is 23.0 Å². The summed E-state index contributed by atoms with van der Waals surface area (Å²) in [5.74, 6) is -0.409. The van der Waals surface area contributed by atoms with Crippen LogP contribution in [0.1, 0.15) is 10.5 Å². The summed E-state index contributed by atoms with van der Waals surface area (Å²) in [4.78, 5) is 15.1. The van der Waals surface area contributed by atoms with Gasteiger partial charge in [0.05, 0.1) is 6.61 Å². The highest BCUT2D eigenvalue weighted by Gasteiger charge is 2.07. The van der Waals surface area contributed by atoms with Crippen molar-refractivity contribution in [3.63, 3.8) is 0 Å². The van der Waals surface area contributed by atoms with Crippen LogP contribution >= 0.6 is 11.6 Å². The Morgan fingerprint density at radius 3 is 2.93 bits per heavy atom. The maximum Gasteiger partial charge on any atom is 0.270 e. The number of aliphatic hydroxyl groups is 1. The van der Waals surface area contributed by atoms with Crippen LogP contribution < -0.4 is 11.1 Å². The second kappa shape index (κ2) is 4.78. The zero-order valence-corrected chi connectivity index (χ0v) is 8.08. The van der Waals surface area contributed by atoms with Crippen molar-refractivity contribution in [3.8, 4) is 0 Å². The number of carbonyl (C=O) groups is 1. The first-order valence-corrected chi connectivity index (χ1v) is 4.33. The van der Waals surface area contributed by atoms with E-state index in [1.807, 2.05) is 0 Å². The van der Waals surface area contributed by atoms with Crippen LogP contribution in [0.5, 0.6) is 0 Å². The molecule has 4 N–H and O–H groups in total. The van der Waals surface area contributed by atoms with E-state index in [9.17, 15) is 4.79 Å². The lowest BCUT2D eigenvalue weighted by molar-refractivity contribution is 0.0940. The molecule has 0 aliphatic carbocycles. The summed E-state index contributed by atoms with van der Waals surface area (Å²) in [7, 11) is 0. The van der Waals surface area contributed by atoms with E-state index in [0.717, 1.165) is 0 Å². The van der Waals surface area contributed by atoms with Crippen molar-refractivity contribution in [2.75, 3.05) is 18.9 Å². The van der Waals surface area contributed by atoms with Crippen LogP contribution in [-0.4, -0.2) is 29.1 Å². The summed E-state index contributed by atoms with van der Waals surface area (Å²) in [6, 6.07) is 2.86. The Morgan fingerprint density at radius 1 is 1.64 bits per heavy atom. The highest BCUT2D eigenvalue weighted by Crippen LogP contribution is 2.11. The highest BCUT2D eigenvalue weighted by molar-refractivity contribution is 6.29. The van der Waals surface area contributed by atoms with E-state index in [1.165, 1.54) is 12.1 Å². The minimum Gasteiger partial charge on any atom is -0.399 e. The third-order valence-electron chi connectivity index (χ3n) is 1.45. The van der Waals surface area contributed by atoms with Gasteiger partial charge in [0.15, 0.2) is 0 Å². The van der Waals surface area contributed by atoms with Gasteiger partial charge < -0.3 is 16.2 Å². The van der Waals surface area contributed by atoms with E-state index in [-0.39, 0.29) is 24.0 Å². The van der Waals surface area contributed by atoms with Gasteiger partial charge in [0.1, 0.15) is 10.8 Å². The van der Waals surface area contributed by atoms with E-state index in [2.05, 4.69) is 10.3 Å². The van der Waals surface area contributed by atoms with Crippen LogP contribution in [0.15, 0.2) is 12.1 Å². The Morgan fingerprint density at radius 2 is 2.36 bits per heavy atom. The predicted molar refractivity (Wildman–Crippen MR) is 53.1 cm³/mol. The van der Waals surface area contributed by atoms with Crippen LogP contribution in [0.3, 0.4) is 0 Å². The summed E-state index contributed by atoms with van der Waals surface area (Å²) < 4.78 is 0. The molecule has 1 aromatic rings. The summed E-state index contributed by atoms with van der Waals surface area (Å²) in [5, 5.41) is 11.1. The Hall–Kier alpha value is -1.33. The second-order valence-corrected chi connectivity index (χ2v) is 2.98. The quantitative estimate of drug-likeness (QED) is 0.622. The van der Waals surface area contributed by atoms with Gasteiger partial charge in [0, 0.05) is 12.2 Å². The minimum atomic E-state index is -0.409. The molecule has 0 radical (unpaired) electrons. The molecule has 1 heterocycles. The number of nitrogen functional groups attached to an aromatic ring is 1. The van der Waals surface area contributed by atoms with Gasteiger partial charge in [-0.25, -0.2) is 4.98 Å². The topological polar surface area (TPSA) is 88.2 Å². The normalized spacial score (nSPS) is 9.86. The first-order chi connectivity index (χ1) is 6.63. The number of nitrogens with two attached hydrogens (primary N) is 1. The number of aliphatic hydroxyl groups excluding tert-OH is 1. The van der Waals surface area contributed by atoms with Gasteiger partial charge in [-0.05, 0) is 12.1 Å². The molecule has 0 saturated carbocycles. The van der Waals surface area contributed by atoms with Gasteiger partial charge in [-0.3, -0.25) is 4.79 Å². The van der Waals surface area contributed by atoms with E-state index in [4.69, 9.17) is 22.4 Å². The van der Waals surface area contributed by atoms with Crippen LogP contribution in [0.25, 0.3) is 0 Å². The second-order valence-electron chi connectivity index (χ2n) is 2.59. The molecule has 1 amide bonds. The first kappa shape index (κ1) is 10.7. The number of nitrogens with zero attached hydrogens (tertiary/aromatic N) is 1. The standard InChI is InChI=1S/C8H10ClN3O2/c9-7-4-5(10)3-6(12-7)8(14)11-1-2-13/h3-4,13H,1-2H2,(H2,10,12)(H,11,14). The third-order valence-corrected chi connectivity index (χ3v) is 1.64. The Balaban J connectivity index is 2.79. The summed E-state index contributed by atoms with van der Waals surface area (Å²) in [6.45, 7) is 0.0503. The molecule has 6 heteroatoms. The number of anilines is 1. The molecular formula is C8H10ClN3O2. The lowest BCUT2D eigenvalue weighted by atomic mass is 10.3. The van der Waals surface area contributed by atoms with Crippen molar-refractivity contribution in [2.24, 2.45) is 0 Å². The van der Waals surface area contributed by atoms with E-state index in [1.54, 1.807) is 0 Å². The maximum absolute atomic E-state index is 11.3. The van der Waals surface area contributed by atoms with Crippen molar-refractivity contribution >= 4 is 23.2 Å². The van der Waals surface area contributed by atoms with Crippen LogP contribution in [0.4, 0.5) is 5.69 Å². The molecule has 0 aliphatic rings. The van der Waals surface area contributed by atoms with Gasteiger partial charge in [0.25, 0.3) is 5.91 Å². The minimum absolute atomic E-state index is 0.123. The van der Waals surface area contributed by atoms with Gasteiger partial charge >= 0.3 is 0 Å². The molecule has 0 aromatic carbocycles. The fourth-order valence-corrected chi connectivity index (χ4v) is 1.11. The Kier molecular flexibility index (Phi) is 3.67. The number of pyridine rings is 1. The smallest absolute Gasteiger partial charge is 0.270 e.